The van der Waals surface area contributed by atoms with Crippen LogP contribution in [0.1, 0.15) is 65.5 Å². The molecule has 1 amide bonds. The van der Waals surface area contributed by atoms with Crippen molar-refractivity contribution in [2.75, 3.05) is 26.2 Å². The summed E-state index contributed by atoms with van der Waals surface area (Å²) in [5.41, 5.74) is 3.22. The minimum absolute atomic E-state index is 0.187. The average molecular weight is 567 g/mol. The second kappa shape index (κ2) is 18.0. The molecule has 2 aliphatic rings. The monoisotopic (exact) mass is 566 g/mol. The first kappa shape index (κ1) is 35.5. The van der Waals surface area contributed by atoms with Gasteiger partial charge >= 0.3 is 18.4 Å². The van der Waals surface area contributed by atoms with Crippen LogP contribution in [0.4, 0.5) is 4.79 Å². The molecule has 2 heterocycles. The van der Waals surface area contributed by atoms with Crippen LogP contribution in [-0.2, 0) is 37.1 Å². The Morgan fingerprint density at radius 2 is 1.22 bits per heavy atom. The van der Waals surface area contributed by atoms with E-state index in [1.165, 1.54) is 25.1 Å². The van der Waals surface area contributed by atoms with Gasteiger partial charge in [-0.15, -0.1) is 0 Å². The fraction of sp³-hybridized carbons (Fsp3) is 0.545. The number of nitrogens with zero attached hydrogens (tertiary/aromatic N) is 2. The van der Waals surface area contributed by atoms with Crippen molar-refractivity contribution in [3.8, 4) is 0 Å². The molecular weight excluding hydrogens is 520 g/mol. The number of likely N-dealkylation sites (tertiary alicyclic amines) is 2. The van der Waals surface area contributed by atoms with Crippen LogP contribution in [-0.4, -0.2) is 54.4 Å². The molecule has 0 aliphatic carbocycles. The van der Waals surface area contributed by atoms with Crippen LogP contribution in [0.5, 0.6) is 0 Å². The predicted molar refractivity (Wildman–Crippen MR) is 155 cm³/mol. The average Bonchev–Trinajstić information content (AvgIpc) is 3.44. The fourth-order valence-electron chi connectivity index (χ4n) is 5.38. The lowest BCUT2D eigenvalue weighted by Crippen LogP contribution is -2.31. The number of benzene rings is 2. The number of hydrogen-bond donors (Lipinski definition) is 0. The molecule has 0 N–H and O–H groups in total. The van der Waals surface area contributed by atoms with Crippen LogP contribution in [0, 0.1) is 22.7 Å². The van der Waals surface area contributed by atoms with Gasteiger partial charge in [0.1, 0.15) is 6.61 Å². The normalized spacial score (nSPS) is 24.7. The number of amides is 1. The molecule has 0 bridgehead atoms. The van der Waals surface area contributed by atoms with Crippen molar-refractivity contribution in [3.63, 3.8) is 0 Å². The van der Waals surface area contributed by atoms with Gasteiger partial charge in [0.25, 0.3) is 0 Å². The van der Waals surface area contributed by atoms with Crippen LogP contribution >= 0.6 is 0 Å². The van der Waals surface area contributed by atoms with Crippen LogP contribution < -0.4 is 0 Å². The molecule has 0 radical (unpaired) electrons. The Morgan fingerprint density at radius 1 is 0.780 bits per heavy atom. The summed E-state index contributed by atoms with van der Waals surface area (Å²) < 4.78 is 5.39. The fourth-order valence-corrected chi connectivity index (χ4v) is 5.38. The highest BCUT2D eigenvalue weighted by Crippen LogP contribution is 2.39. The maximum absolute atomic E-state index is 12.1. The van der Waals surface area contributed by atoms with E-state index >= 15 is 0 Å². The standard InChI is InChI=1S/C16H23NO2.C15H23N.2CO2/c1-4-16(3)12-17(10-13(16)2)15(18)19-11-14-8-6-5-7-9-14;1-4-15(3)12-16(10-13(15)2)11-14-8-6-5-7-9-14;2*2-1-3/h5-9,13H,4,10-12H2,1-3H3;5-9,13H,4,10-12H2,1-3H3;;/t13-,16-;13-,15-;;/m11../s1. The quantitative estimate of drug-likeness (QED) is 0.418. The van der Waals surface area contributed by atoms with E-state index in [9.17, 15) is 4.79 Å². The Balaban J connectivity index is 0.000000347. The molecule has 4 rings (SSSR count). The molecule has 0 unspecified atom stereocenters. The van der Waals surface area contributed by atoms with Crippen molar-refractivity contribution in [1.29, 1.82) is 0 Å². The number of ether oxygens (including phenoxy) is 1. The molecule has 0 saturated carbocycles. The number of rotatable bonds is 6. The van der Waals surface area contributed by atoms with Gasteiger partial charge in [-0.25, -0.2) is 4.79 Å². The number of carbonyl (C=O) groups excluding carboxylic acids is 5. The van der Waals surface area contributed by atoms with Crippen LogP contribution in [0.15, 0.2) is 60.7 Å². The van der Waals surface area contributed by atoms with Gasteiger partial charge in [0.05, 0.1) is 0 Å². The van der Waals surface area contributed by atoms with E-state index in [1.54, 1.807) is 0 Å². The maximum Gasteiger partial charge on any atom is 0.410 e. The lowest BCUT2D eigenvalue weighted by Gasteiger charge is -2.26. The van der Waals surface area contributed by atoms with E-state index in [0.717, 1.165) is 37.5 Å². The second-order valence-electron chi connectivity index (χ2n) is 11.6. The molecule has 2 aliphatic heterocycles. The summed E-state index contributed by atoms with van der Waals surface area (Å²) in [6.45, 7) is 19.4. The van der Waals surface area contributed by atoms with E-state index in [4.69, 9.17) is 23.9 Å². The Kier molecular flexibility index (Phi) is 15.6. The lowest BCUT2D eigenvalue weighted by atomic mass is 9.79. The highest BCUT2D eigenvalue weighted by molar-refractivity contribution is 5.68. The zero-order chi connectivity index (χ0) is 30.9. The van der Waals surface area contributed by atoms with E-state index < -0.39 is 0 Å². The molecule has 224 valence electrons. The summed E-state index contributed by atoms with van der Waals surface area (Å²) >= 11 is 0. The molecule has 41 heavy (non-hydrogen) atoms. The molecule has 0 aromatic heterocycles. The van der Waals surface area contributed by atoms with E-state index in [1.807, 2.05) is 35.2 Å². The van der Waals surface area contributed by atoms with Gasteiger partial charge in [0.2, 0.25) is 0 Å². The van der Waals surface area contributed by atoms with Crippen molar-refractivity contribution in [3.05, 3.63) is 71.8 Å². The van der Waals surface area contributed by atoms with Gasteiger partial charge < -0.3 is 9.64 Å². The molecule has 2 saturated heterocycles. The van der Waals surface area contributed by atoms with Crippen molar-refractivity contribution < 1.29 is 28.7 Å². The van der Waals surface area contributed by atoms with Gasteiger partial charge in [-0.3, -0.25) is 4.90 Å². The van der Waals surface area contributed by atoms with Crippen LogP contribution in [0.3, 0.4) is 0 Å². The minimum Gasteiger partial charge on any atom is -0.445 e. The predicted octanol–water partition coefficient (Wildman–Crippen LogP) is 6.08. The summed E-state index contributed by atoms with van der Waals surface area (Å²) in [6, 6.07) is 20.6. The topological polar surface area (TPSA) is 101 Å². The first-order valence-corrected chi connectivity index (χ1v) is 14.2. The van der Waals surface area contributed by atoms with Crippen molar-refractivity contribution in [2.24, 2.45) is 22.7 Å². The molecule has 8 nitrogen and oxygen atoms in total. The van der Waals surface area contributed by atoms with E-state index in [0.29, 0.717) is 17.9 Å². The molecule has 4 atom stereocenters. The van der Waals surface area contributed by atoms with Gasteiger partial charge in [0, 0.05) is 32.7 Å². The largest absolute Gasteiger partial charge is 0.445 e. The summed E-state index contributed by atoms with van der Waals surface area (Å²) in [5, 5.41) is 0. The highest BCUT2D eigenvalue weighted by atomic mass is 16.6. The Morgan fingerprint density at radius 3 is 1.66 bits per heavy atom. The van der Waals surface area contributed by atoms with E-state index in [2.05, 4.69) is 76.8 Å². The summed E-state index contributed by atoms with van der Waals surface area (Å²) in [4.78, 5) is 49.0. The van der Waals surface area contributed by atoms with Crippen molar-refractivity contribution in [2.45, 2.75) is 67.5 Å². The van der Waals surface area contributed by atoms with Gasteiger partial charge in [-0.1, -0.05) is 102 Å². The summed E-state index contributed by atoms with van der Waals surface area (Å²) in [7, 11) is 0. The third-order valence-electron chi connectivity index (χ3n) is 8.87. The first-order valence-electron chi connectivity index (χ1n) is 14.2. The van der Waals surface area contributed by atoms with Crippen molar-refractivity contribution >= 4 is 18.4 Å². The maximum atomic E-state index is 12.1. The van der Waals surface area contributed by atoms with E-state index in [-0.39, 0.29) is 23.8 Å². The molecule has 0 spiro atoms. The zero-order valence-corrected chi connectivity index (χ0v) is 25.4. The SMILES string of the molecule is CC[C@]1(C)CN(C(=O)OCc2ccccc2)C[C@H]1C.CC[C@]1(C)CN(Cc2ccccc2)C[C@H]1C.O=C=O.O=C=O. The summed E-state index contributed by atoms with van der Waals surface area (Å²) in [6.07, 6.45) is 2.70. The molecule has 2 aromatic rings. The molecule has 2 aromatic carbocycles. The smallest absolute Gasteiger partial charge is 0.410 e. The third kappa shape index (κ3) is 11.4. The Bertz CT molecular complexity index is 1090. The van der Waals surface area contributed by atoms with Crippen LogP contribution in [0.2, 0.25) is 0 Å². The van der Waals surface area contributed by atoms with Crippen LogP contribution in [0.25, 0.3) is 0 Å². The highest BCUT2D eigenvalue weighted by Gasteiger charge is 2.41. The zero-order valence-electron chi connectivity index (χ0n) is 25.4. The third-order valence-corrected chi connectivity index (χ3v) is 8.87. The van der Waals surface area contributed by atoms with Crippen molar-refractivity contribution in [1.82, 2.24) is 9.80 Å². The van der Waals surface area contributed by atoms with Gasteiger partial charge in [-0.2, -0.15) is 19.2 Å². The second-order valence-corrected chi connectivity index (χ2v) is 11.6. The van der Waals surface area contributed by atoms with Gasteiger partial charge in [-0.05, 0) is 46.6 Å². The molecule has 2 fully saturated rings. The Hall–Kier alpha value is -3.57. The van der Waals surface area contributed by atoms with Gasteiger partial charge in [0.15, 0.2) is 0 Å². The molecule has 8 heteroatoms. The lowest BCUT2D eigenvalue weighted by molar-refractivity contribution is -0.193. The first-order chi connectivity index (χ1) is 19.5. The number of carbonyl (C=O) groups is 1. The minimum atomic E-state index is -0.187. The molecular formula is C33H46N2O6. The summed E-state index contributed by atoms with van der Waals surface area (Å²) in [5.74, 6) is 1.35. The number of hydrogen-bond acceptors (Lipinski definition) is 7. The Labute approximate surface area is 245 Å².